The maximum Gasteiger partial charge on any atom is 0.271 e. The Bertz CT molecular complexity index is 549. The molecule has 0 aliphatic carbocycles. The van der Waals surface area contributed by atoms with Crippen LogP contribution in [0.2, 0.25) is 0 Å². The van der Waals surface area contributed by atoms with Crippen LogP contribution in [0.5, 0.6) is 0 Å². The molecule has 1 amide bonds. The highest BCUT2D eigenvalue weighted by atomic mass is 16.4. The van der Waals surface area contributed by atoms with Gasteiger partial charge in [0.05, 0.1) is 12.8 Å². The number of aliphatic hydroxyl groups excluding tert-OH is 5. The molecule has 1 aromatic carbocycles. The average Bonchev–Trinajstić information content (AvgIpc) is 2.59. The number of hydrogen-bond acceptors (Lipinski definition) is 8. The third-order valence-corrected chi connectivity index (χ3v) is 3.32. The number of amides is 1. The Labute approximate surface area is 139 Å². The minimum Gasteiger partial charge on any atom is -0.394 e. The van der Waals surface area contributed by atoms with Crippen LogP contribution >= 0.6 is 0 Å². The van der Waals surface area contributed by atoms with Gasteiger partial charge in [0.15, 0.2) is 6.10 Å². The second-order valence-electron chi connectivity index (χ2n) is 5.40. The van der Waals surface area contributed by atoms with E-state index in [1.807, 2.05) is 36.6 Å². The predicted octanol–water partition coefficient (Wildman–Crippen LogP) is -2.36. The number of anilines is 1. The van der Waals surface area contributed by atoms with Gasteiger partial charge in [-0.25, -0.2) is 5.43 Å². The Kier molecular flexibility index (Phi) is 7.75. The van der Waals surface area contributed by atoms with Crippen LogP contribution < -0.4 is 10.3 Å². The molecule has 24 heavy (non-hydrogen) atoms. The highest BCUT2D eigenvalue weighted by Crippen LogP contribution is 2.11. The molecule has 9 nitrogen and oxygen atoms in total. The summed E-state index contributed by atoms with van der Waals surface area (Å²) in [5.74, 6) is -1.06. The smallest absolute Gasteiger partial charge is 0.271 e. The number of benzene rings is 1. The van der Waals surface area contributed by atoms with Crippen LogP contribution in [0.25, 0.3) is 0 Å². The van der Waals surface area contributed by atoms with Gasteiger partial charge in [0.1, 0.15) is 18.3 Å². The number of nitrogens with zero attached hydrogens (tertiary/aromatic N) is 2. The van der Waals surface area contributed by atoms with Crippen molar-refractivity contribution in [3.8, 4) is 0 Å². The zero-order chi connectivity index (χ0) is 18.3. The number of hydrogen-bond donors (Lipinski definition) is 6. The van der Waals surface area contributed by atoms with Gasteiger partial charge in [-0.2, -0.15) is 5.10 Å². The van der Waals surface area contributed by atoms with E-state index in [9.17, 15) is 25.2 Å². The number of nitrogens with one attached hydrogen (secondary N) is 1. The molecular weight excluding hydrogens is 318 g/mol. The average molecular weight is 341 g/mol. The lowest BCUT2D eigenvalue weighted by atomic mass is 10.0. The van der Waals surface area contributed by atoms with Gasteiger partial charge in [-0.3, -0.25) is 4.79 Å². The molecule has 1 rings (SSSR count). The standard InChI is InChI=1S/C15H23N3O6/c1-18(2)10-5-3-9(4-6-10)7-16-17-15(24)14(23)13(22)12(21)11(20)8-19/h3-7,11-14,19-23H,8H2,1-2H3,(H,17,24)/b16-7-/t11-,12+,13-,14-/m1/s1. The maximum atomic E-state index is 11.6. The van der Waals surface area contributed by atoms with Crippen molar-refractivity contribution < 1.29 is 30.3 Å². The van der Waals surface area contributed by atoms with Crippen LogP contribution in [-0.4, -0.2) is 82.8 Å². The first-order chi connectivity index (χ1) is 11.3. The first-order valence-corrected chi connectivity index (χ1v) is 7.21. The van der Waals surface area contributed by atoms with Crippen molar-refractivity contribution in [2.24, 2.45) is 5.10 Å². The molecule has 0 aliphatic rings. The molecule has 0 unspecified atom stereocenters. The van der Waals surface area contributed by atoms with Crippen molar-refractivity contribution in [3.63, 3.8) is 0 Å². The fraction of sp³-hybridized carbons (Fsp3) is 0.467. The lowest BCUT2D eigenvalue weighted by Gasteiger charge is -2.24. The first kappa shape index (κ1) is 20.0. The van der Waals surface area contributed by atoms with Crippen molar-refractivity contribution in [2.75, 3.05) is 25.6 Å². The van der Waals surface area contributed by atoms with Crippen molar-refractivity contribution in [3.05, 3.63) is 29.8 Å². The molecule has 0 aliphatic heterocycles. The van der Waals surface area contributed by atoms with Crippen molar-refractivity contribution in [2.45, 2.75) is 24.4 Å². The van der Waals surface area contributed by atoms with Crippen LogP contribution in [0.4, 0.5) is 5.69 Å². The molecule has 0 heterocycles. The SMILES string of the molecule is CN(C)c1ccc(/C=N\NC(=O)[C@H](O)[C@H](O)[C@@H](O)[C@H](O)CO)cc1. The summed E-state index contributed by atoms with van der Waals surface area (Å²) < 4.78 is 0. The molecule has 0 spiro atoms. The van der Waals surface area contributed by atoms with Gasteiger partial charge < -0.3 is 30.4 Å². The van der Waals surface area contributed by atoms with E-state index in [0.29, 0.717) is 5.56 Å². The largest absolute Gasteiger partial charge is 0.394 e. The first-order valence-electron chi connectivity index (χ1n) is 7.21. The summed E-state index contributed by atoms with van der Waals surface area (Å²) >= 11 is 0. The van der Waals surface area contributed by atoms with Crippen LogP contribution in [-0.2, 0) is 4.79 Å². The Hall–Kier alpha value is -2.04. The van der Waals surface area contributed by atoms with Crippen LogP contribution in [0.15, 0.2) is 29.4 Å². The summed E-state index contributed by atoms with van der Waals surface area (Å²) in [4.78, 5) is 13.6. The minimum absolute atomic E-state index is 0.701. The molecule has 6 N–H and O–H groups in total. The van der Waals surface area contributed by atoms with Crippen LogP contribution in [0, 0.1) is 0 Å². The highest BCUT2D eigenvalue weighted by molar-refractivity contribution is 5.84. The highest BCUT2D eigenvalue weighted by Gasteiger charge is 2.34. The van der Waals surface area contributed by atoms with Gasteiger partial charge in [0, 0.05) is 19.8 Å². The Morgan fingerprint density at radius 3 is 2.25 bits per heavy atom. The fourth-order valence-corrected chi connectivity index (χ4v) is 1.77. The third kappa shape index (κ3) is 5.55. The lowest BCUT2D eigenvalue weighted by molar-refractivity contribution is -0.148. The lowest BCUT2D eigenvalue weighted by Crippen LogP contribution is -2.50. The summed E-state index contributed by atoms with van der Waals surface area (Å²) in [6.45, 7) is -0.826. The molecular formula is C15H23N3O6. The quantitative estimate of drug-likeness (QED) is 0.229. The molecule has 4 atom stereocenters. The fourth-order valence-electron chi connectivity index (χ4n) is 1.77. The van der Waals surface area contributed by atoms with Gasteiger partial charge in [-0.05, 0) is 17.7 Å². The van der Waals surface area contributed by atoms with Gasteiger partial charge >= 0.3 is 0 Å². The molecule has 1 aromatic rings. The molecule has 0 aromatic heterocycles. The monoisotopic (exact) mass is 341 g/mol. The summed E-state index contributed by atoms with van der Waals surface area (Å²) in [5, 5.41) is 50.1. The molecule has 0 radical (unpaired) electrons. The van der Waals surface area contributed by atoms with E-state index in [0.717, 1.165) is 5.69 Å². The van der Waals surface area contributed by atoms with Gasteiger partial charge in [-0.1, -0.05) is 12.1 Å². The molecule has 0 saturated heterocycles. The van der Waals surface area contributed by atoms with Crippen molar-refractivity contribution in [1.29, 1.82) is 0 Å². The second kappa shape index (κ2) is 9.30. The van der Waals surface area contributed by atoms with E-state index >= 15 is 0 Å². The Morgan fingerprint density at radius 2 is 1.75 bits per heavy atom. The topological polar surface area (TPSA) is 146 Å². The molecule has 134 valence electrons. The van der Waals surface area contributed by atoms with E-state index in [1.54, 1.807) is 12.1 Å². The predicted molar refractivity (Wildman–Crippen MR) is 87.6 cm³/mol. The summed E-state index contributed by atoms with van der Waals surface area (Å²) in [5.41, 5.74) is 3.71. The third-order valence-electron chi connectivity index (χ3n) is 3.32. The van der Waals surface area contributed by atoms with E-state index in [4.69, 9.17) is 5.11 Å². The number of carbonyl (C=O) groups is 1. The van der Waals surface area contributed by atoms with Crippen LogP contribution in [0.3, 0.4) is 0 Å². The molecule has 9 heteroatoms. The van der Waals surface area contributed by atoms with Gasteiger partial charge in [-0.15, -0.1) is 0 Å². The molecule has 0 bridgehead atoms. The summed E-state index contributed by atoms with van der Waals surface area (Å²) in [6, 6.07) is 7.26. The summed E-state index contributed by atoms with van der Waals surface area (Å²) in [7, 11) is 3.80. The molecule has 0 saturated carbocycles. The Balaban J connectivity index is 2.58. The zero-order valence-corrected chi connectivity index (χ0v) is 13.4. The van der Waals surface area contributed by atoms with Gasteiger partial charge in [0.2, 0.25) is 0 Å². The maximum absolute atomic E-state index is 11.6. The van der Waals surface area contributed by atoms with Gasteiger partial charge in [0.25, 0.3) is 5.91 Å². The number of hydrazone groups is 1. The van der Waals surface area contributed by atoms with Crippen LogP contribution in [0.1, 0.15) is 5.56 Å². The van der Waals surface area contributed by atoms with E-state index < -0.39 is 36.9 Å². The minimum atomic E-state index is -2.02. The number of aliphatic hydroxyl groups is 5. The number of carbonyl (C=O) groups excluding carboxylic acids is 1. The van der Waals surface area contributed by atoms with Crippen molar-refractivity contribution in [1.82, 2.24) is 5.43 Å². The number of rotatable bonds is 8. The second-order valence-corrected chi connectivity index (χ2v) is 5.40. The van der Waals surface area contributed by atoms with E-state index in [2.05, 4.69) is 5.10 Å². The molecule has 0 fully saturated rings. The normalized spacial score (nSPS) is 16.5. The summed E-state index contributed by atoms with van der Waals surface area (Å²) in [6.07, 6.45) is -6.20. The zero-order valence-electron chi connectivity index (χ0n) is 13.4. The van der Waals surface area contributed by atoms with Crippen molar-refractivity contribution >= 4 is 17.8 Å². The van der Waals surface area contributed by atoms with E-state index in [1.165, 1.54) is 6.21 Å². The van der Waals surface area contributed by atoms with E-state index in [-0.39, 0.29) is 0 Å². The Morgan fingerprint density at radius 1 is 1.17 bits per heavy atom.